The maximum atomic E-state index is 13.9. The van der Waals surface area contributed by atoms with Crippen LogP contribution in [0.15, 0.2) is 30.3 Å². The molecule has 4 amide bonds. The minimum absolute atomic E-state index is 0.0398. The smallest absolute Gasteiger partial charge is 0.265 e. The molecule has 1 saturated carbocycles. The molecule has 37 heavy (non-hydrogen) atoms. The lowest BCUT2D eigenvalue weighted by Gasteiger charge is -2.29. The average Bonchev–Trinajstić information content (AvgIpc) is 3.27. The summed E-state index contributed by atoms with van der Waals surface area (Å²) in [7, 11) is 0. The molecule has 2 fully saturated rings. The van der Waals surface area contributed by atoms with E-state index in [4.69, 9.17) is 16.3 Å². The molecule has 2 aromatic rings. The summed E-state index contributed by atoms with van der Waals surface area (Å²) in [5, 5.41) is 7.80. The maximum absolute atomic E-state index is 13.9. The van der Waals surface area contributed by atoms with E-state index in [9.17, 15) is 28.0 Å². The van der Waals surface area contributed by atoms with Crippen LogP contribution in [0.3, 0.4) is 0 Å². The van der Waals surface area contributed by atoms with E-state index >= 15 is 0 Å². The lowest BCUT2D eigenvalue weighted by atomic mass is 9.84. The second-order valence-corrected chi connectivity index (χ2v) is 10.4. The summed E-state index contributed by atoms with van der Waals surface area (Å²) in [6.45, 7) is -0.0684. The third-order valence-corrected chi connectivity index (χ3v) is 7.41. The fraction of sp³-hybridized carbons (Fsp3) is 0.417. The molecule has 2 heterocycles. The average molecular weight is 555 g/mol. The number of alkyl halides is 2. The molecule has 2 aliphatic rings. The van der Waals surface area contributed by atoms with Gasteiger partial charge >= 0.3 is 0 Å². The van der Waals surface area contributed by atoms with Crippen molar-refractivity contribution in [1.82, 2.24) is 10.6 Å². The Bertz CT molecular complexity index is 1190. The van der Waals surface area contributed by atoms with E-state index in [-0.39, 0.29) is 49.5 Å². The first-order chi connectivity index (χ1) is 17.7. The van der Waals surface area contributed by atoms with Gasteiger partial charge < -0.3 is 25.6 Å². The molecule has 0 spiro atoms. The molecule has 4 rings (SSSR count). The Morgan fingerprint density at radius 2 is 1.97 bits per heavy atom. The zero-order valence-electron chi connectivity index (χ0n) is 19.6. The standard InChI is InChI=1S/C24H25ClF2N4O5S/c25-19-7-6-18(37-19)24(35)28-11-16(30-22(33)13-2-1-3-13)23(34)29-14-4-5-17(15(10-14)21(26)27)31-8-9-36-12-20(31)32/h4-7,10,13,16,21H,1-3,8-9,11-12H2,(H,28,35)(H,29,34)(H,30,33)/t16-/m1/s1. The summed E-state index contributed by atoms with van der Waals surface area (Å²) in [6.07, 6.45) is -0.577. The second kappa shape index (κ2) is 12.0. The normalized spacial score (nSPS) is 16.8. The molecule has 3 N–H and O–H groups in total. The third kappa shape index (κ3) is 6.62. The molecule has 1 saturated heterocycles. The summed E-state index contributed by atoms with van der Waals surface area (Å²) in [6, 6.07) is 5.79. The van der Waals surface area contributed by atoms with Gasteiger partial charge in [0.1, 0.15) is 12.6 Å². The van der Waals surface area contributed by atoms with Crippen molar-refractivity contribution < 1.29 is 32.7 Å². The highest BCUT2D eigenvalue weighted by Crippen LogP contribution is 2.33. The van der Waals surface area contributed by atoms with E-state index in [1.54, 1.807) is 6.07 Å². The van der Waals surface area contributed by atoms with Gasteiger partial charge in [0.15, 0.2) is 0 Å². The Morgan fingerprint density at radius 3 is 2.59 bits per heavy atom. The number of hydrogen-bond donors (Lipinski definition) is 3. The van der Waals surface area contributed by atoms with E-state index in [1.807, 2.05) is 0 Å². The minimum atomic E-state index is -2.91. The van der Waals surface area contributed by atoms with Crippen LogP contribution in [0.5, 0.6) is 0 Å². The molecule has 1 atom stereocenters. The first-order valence-corrected chi connectivity index (χ1v) is 12.9. The quantitative estimate of drug-likeness (QED) is 0.439. The molecule has 1 aromatic heterocycles. The SMILES string of the molecule is O=C(NC[C@@H](NC(=O)C1CCC1)C(=O)Nc1ccc(N2CCOCC2=O)c(C(F)F)c1)c1ccc(Cl)s1. The van der Waals surface area contributed by atoms with Crippen LogP contribution in [-0.2, 0) is 19.1 Å². The van der Waals surface area contributed by atoms with Crippen LogP contribution in [-0.4, -0.2) is 56.0 Å². The number of ether oxygens (including phenoxy) is 1. The second-order valence-electron chi connectivity index (χ2n) is 8.66. The summed E-state index contributed by atoms with van der Waals surface area (Å²) < 4.78 is 33.2. The van der Waals surface area contributed by atoms with Gasteiger partial charge in [0, 0.05) is 30.3 Å². The molecule has 13 heteroatoms. The Morgan fingerprint density at radius 1 is 1.19 bits per heavy atom. The highest BCUT2D eigenvalue weighted by Gasteiger charge is 2.30. The van der Waals surface area contributed by atoms with Gasteiger partial charge in [0.05, 0.1) is 21.5 Å². The number of benzene rings is 1. The Labute approximate surface area is 220 Å². The van der Waals surface area contributed by atoms with Gasteiger partial charge in [-0.15, -0.1) is 11.3 Å². The van der Waals surface area contributed by atoms with Gasteiger partial charge in [-0.3, -0.25) is 19.2 Å². The number of halogens is 3. The van der Waals surface area contributed by atoms with Crippen LogP contribution in [0.2, 0.25) is 4.34 Å². The summed E-state index contributed by atoms with van der Waals surface area (Å²) in [5.41, 5.74) is -0.326. The number of amides is 4. The van der Waals surface area contributed by atoms with Gasteiger partial charge in [0.25, 0.3) is 18.2 Å². The monoisotopic (exact) mass is 554 g/mol. The first kappa shape index (κ1) is 27.0. The van der Waals surface area contributed by atoms with Crippen molar-refractivity contribution >= 4 is 57.9 Å². The van der Waals surface area contributed by atoms with Crippen molar-refractivity contribution in [2.75, 3.05) is 36.5 Å². The number of hydrogen-bond acceptors (Lipinski definition) is 6. The van der Waals surface area contributed by atoms with Gasteiger partial charge in [0.2, 0.25) is 11.8 Å². The highest BCUT2D eigenvalue weighted by molar-refractivity contribution is 7.18. The number of carbonyl (C=O) groups excluding carboxylic acids is 4. The van der Waals surface area contributed by atoms with Crippen LogP contribution in [0.25, 0.3) is 0 Å². The van der Waals surface area contributed by atoms with E-state index < -0.39 is 35.8 Å². The fourth-order valence-corrected chi connectivity index (χ4v) is 4.90. The molecule has 0 bridgehead atoms. The molecule has 1 aromatic carbocycles. The predicted molar refractivity (Wildman–Crippen MR) is 134 cm³/mol. The maximum Gasteiger partial charge on any atom is 0.265 e. The number of nitrogens with zero attached hydrogens (tertiary/aromatic N) is 1. The summed E-state index contributed by atoms with van der Waals surface area (Å²) >= 11 is 6.94. The first-order valence-electron chi connectivity index (χ1n) is 11.7. The van der Waals surface area contributed by atoms with Crippen molar-refractivity contribution in [2.45, 2.75) is 31.7 Å². The number of thiophene rings is 1. The minimum Gasteiger partial charge on any atom is -0.370 e. The molecule has 9 nitrogen and oxygen atoms in total. The van der Waals surface area contributed by atoms with E-state index in [1.165, 1.54) is 23.1 Å². The molecule has 0 unspecified atom stereocenters. The lowest BCUT2D eigenvalue weighted by molar-refractivity contribution is -0.131. The van der Waals surface area contributed by atoms with Crippen molar-refractivity contribution in [2.24, 2.45) is 5.92 Å². The number of anilines is 2. The molecule has 198 valence electrons. The zero-order chi connectivity index (χ0) is 26.5. The van der Waals surface area contributed by atoms with Gasteiger partial charge in [-0.1, -0.05) is 18.0 Å². The molecular weight excluding hydrogens is 530 g/mol. The summed E-state index contributed by atoms with van der Waals surface area (Å²) in [5.74, 6) is -2.11. The number of rotatable bonds is 9. The van der Waals surface area contributed by atoms with Crippen molar-refractivity contribution in [3.8, 4) is 0 Å². The third-order valence-electron chi connectivity index (χ3n) is 6.18. The molecular formula is C24H25ClF2N4O5S. The predicted octanol–water partition coefficient (Wildman–Crippen LogP) is 3.36. The van der Waals surface area contributed by atoms with E-state index in [0.717, 1.165) is 23.8 Å². The van der Waals surface area contributed by atoms with Crippen molar-refractivity contribution in [3.63, 3.8) is 0 Å². The van der Waals surface area contributed by atoms with Crippen LogP contribution in [0.4, 0.5) is 20.2 Å². The van der Waals surface area contributed by atoms with E-state index in [0.29, 0.717) is 22.1 Å². The van der Waals surface area contributed by atoms with E-state index in [2.05, 4.69) is 16.0 Å². The van der Waals surface area contributed by atoms with Crippen LogP contribution < -0.4 is 20.9 Å². The van der Waals surface area contributed by atoms with Crippen LogP contribution in [0.1, 0.15) is 40.9 Å². The van der Waals surface area contributed by atoms with Crippen molar-refractivity contribution in [1.29, 1.82) is 0 Å². The number of morpholine rings is 1. The fourth-order valence-electron chi connectivity index (χ4n) is 3.94. The van der Waals surface area contributed by atoms with Gasteiger partial charge in [-0.05, 0) is 43.2 Å². The Kier molecular flexibility index (Phi) is 8.72. The van der Waals surface area contributed by atoms with Gasteiger partial charge in [-0.2, -0.15) is 0 Å². The summed E-state index contributed by atoms with van der Waals surface area (Å²) in [4.78, 5) is 51.8. The lowest BCUT2D eigenvalue weighted by Crippen LogP contribution is -2.52. The Hall–Kier alpha value is -3.09. The number of nitrogens with one attached hydrogen (secondary N) is 3. The topological polar surface area (TPSA) is 117 Å². The van der Waals surface area contributed by atoms with Crippen LogP contribution in [0, 0.1) is 5.92 Å². The Balaban J connectivity index is 1.48. The zero-order valence-corrected chi connectivity index (χ0v) is 21.2. The van der Waals surface area contributed by atoms with Crippen LogP contribution >= 0.6 is 22.9 Å². The van der Waals surface area contributed by atoms with Crippen molar-refractivity contribution in [3.05, 3.63) is 45.1 Å². The molecule has 1 aliphatic heterocycles. The largest absolute Gasteiger partial charge is 0.370 e. The number of carbonyl (C=O) groups is 4. The highest BCUT2D eigenvalue weighted by atomic mass is 35.5. The van der Waals surface area contributed by atoms with Gasteiger partial charge in [-0.25, -0.2) is 8.78 Å². The molecule has 1 aliphatic carbocycles. The molecule has 0 radical (unpaired) electrons.